The van der Waals surface area contributed by atoms with E-state index in [-0.39, 0.29) is 18.3 Å². The molecule has 0 aliphatic carbocycles. The van der Waals surface area contributed by atoms with Crippen molar-refractivity contribution in [3.8, 4) is 11.3 Å². The van der Waals surface area contributed by atoms with Crippen LogP contribution in [-0.4, -0.2) is 24.2 Å². The van der Waals surface area contributed by atoms with Crippen molar-refractivity contribution in [1.29, 1.82) is 0 Å². The van der Waals surface area contributed by atoms with E-state index in [9.17, 15) is 4.79 Å². The van der Waals surface area contributed by atoms with E-state index in [1.165, 1.54) is 0 Å². The molecule has 5 nitrogen and oxygen atoms in total. The number of benzene rings is 1. The Balaban J connectivity index is 0.00000220. The molecule has 1 amide bonds. The normalized spacial score (nSPS) is 10.0. The number of aromatic nitrogens is 1. The van der Waals surface area contributed by atoms with Gasteiger partial charge < -0.3 is 15.6 Å². The molecule has 0 unspecified atom stereocenters. The van der Waals surface area contributed by atoms with Gasteiger partial charge in [0.1, 0.15) is 17.0 Å². The van der Waals surface area contributed by atoms with Crippen LogP contribution in [0.4, 0.5) is 0 Å². The predicted molar refractivity (Wildman–Crippen MR) is 84.5 cm³/mol. The van der Waals surface area contributed by atoms with Crippen LogP contribution in [0.3, 0.4) is 0 Å². The number of unbranched alkanes of at least 4 members (excludes halogenated alkanes) is 1. The van der Waals surface area contributed by atoms with Gasteiger partial charge in [-0.25, -0.2) is 0 Å². The lowest BCUT2D eigenvalue weighted by Crippen LogP contribution is -2.25. The van der Waals surface area contributed by atoms with Gasteiger partial charge >= 0.3 is 0 Å². The summed E-state index contributed by atoms with van der Waals surface area (Å²) in [6.07, 6.45) is 1.77. The van der Waals surface area contributed by atoms with Crippen LogP contribution in [0, 0.1) is 6.92 Å². The van der Waals surface area contributed by atoms with E-state index in [2.05, 4.69) is 10.5 Å². The molecule has 2 aromatic rings. The van der Waals surface area contributed by atoms with Crippen LogP contribution in [0.1, 0.15) is 29.0 Å². The van der Waals surface area contributed by atoms with Gasteiger partial charge in [0.25, 0.3) is 5.91 Å². The maximum Gasteiger partial charge on any atom is 0.257 e. The predicted octanol–water partition coefficient (Wildman–Crippen LogP) is 2.54. The first-order valence-corrected chi connectivity index (χ1v) is 6.74. The molecular formula is C15H20ClN3O2. The molecule has 0 fully saturated rings. The molecule has 0 saturated carbocycles. The third-order valence-electron chi connectivity index (χ3n) is 3.05. The standard InChI is InChI=1S/C15H19N3O2.ClH/c1-11-13(15(19)17-10-6-5-9-16)14(18-20-11)12-7-3-2-4-8-12;/h2-4,7-8H,5-6,9-10,16H2,1H3,(H,17,19);1H. The van der Waals surface area contributed by atoms with Crippen molar-refractivity contribution in [3.05, 3.63) is 41.7 Å². The number of hydrogen-bond acceptors (Lipinski definition) is 4. The van der Waals surface area contributed by atoms with E-state index in [1.54, 1.807) is 6.92 Å². The number of aryl methyl sites for hydroxylation is 1. The molecular weight excluding hydrogens is 290 g/mol. The second-order valence-corrected chi connectivity index (χ2v) is 4.58. The average Bonchev–Trinajstić information content (AvgIpc) is 2.86. The highest BCUT2D eigenvalue weighted by molar-refractivity contribution is 6.00. The molecule has 6 heteroatoms. The summed E-state index contributed by atoms with van der Waals surface area (Å²) in [5.41, 5.74) is 7.38. The smallest absolute Gasteiger partial charge is 0.257 e. The third-order valence-corrected chi connectivity index (χ3v) is 3.05. The minimum atomic E-state index is -0.153. The van der Waals surface area contributed by atoms with E-state index < -0.39 is 0 Å². The molecule has 0 aliphatic heterocycles. The first-order chi connectivity index (χ1) is 9.74. The van der Waals surface area contributed by atoms with Gasteiger partial charge in [0, 0.05) is 12.1 Å². The summed E-state index contributed by atoms with van der Waals surface area (Å²) in [7, 11) is 0. The average molecular weight is 310 g/mol. The van der Waals surface area contributed by atoms with Gasteiger partial charge in [0.15, 0.2) is 0 Å². The van der Waals surface area contributed by atoms with Crippen molar-refractivity contribution in [2.75, 3.05) is 13.1 Å². The number of carbonyl (C=O) groups is 1. The fraction of sp³-hybridized carbons (Fsp3) is 0.333. The summed E-state index contributed by atoms with van der Waals surface area (Å²) in [5.74, 6) is 0.375. The van der Waals surface area contributed by atoms with E-state index in [1.807, 2.05) is 30.3 Å². The van der Waals surface area contributed by atoms with Crippen molar-refractivity contribution in [3.63, 3.8) is 0 Å². The Morgan fingerprint density at radius 1 is 1.29 bits per heavy atom. The number of carbonyl (C=O) groups excluding carboxylic acids is 1. The zero-order valence-corrected chi connectivity index (χ0v) is 12.8. The molecule has 1 heterocycles. The lowest BCUT2D eigenvalue weighted by molar-refractivity contribution is 0.0952. The van der Waals surface area contributed by atoms with E-state index in [4.69, 9.17) is 10.3 Å². The van der Waals surface area contributed by atoms with E-state index in [0.29, 0.717) is 30.1 Å². The lowest BCUT2D eigenvalue weighted by Gasteiger charge is -2.05. The molecule has 3 N–H and O–H groups in total. The van der Waals surface area contributed by atoms with Crippen molar-refractivity contribution in [2.45, 2.75) is 19.8 Å². The quantitative estimate of drug-likeness (QED) is 0.803. The second-order valence-electron chi connectivity index (χ2n) is 4.58. The topological polar surface area (TPSA) is 81.2 Å². The van der Waals surface area contributed by atoms with Crippen molar-refractivity contribution < 1.29 is 9.32 Å². The number of rotatable bonds is 6. The van der Waals surface area contributed by atoms with Crippen LogP contribution in [0.25, 0.3) is 11.3 Å². The number of amides is 1. The lowest BCUT2D eigenvalue weighted by atomic mass is 10.1. The Kier molecular flexibility index (Phi) is 6.91. The van der Waals surface area contributed by atoms with Crippen molar-refractivity contribution in [2.24, 2.45) is 5.73 Å². The highest BCUT2D eigenvalue weighted by atomic mass is 35.5. The molecule has 0 aliphatic rings. The molecule has 1 aromatic heterocycles. The summed E-state index contributed by atoms with van der Waals surface area (Å²) in [4.78, 5) is 12.2. The summed E-state index contributed by atoms with van der Waals surface area (Å²) in [6.45, 7) is 2.99. The van der Waals surface area contributed by atoms with Gasteiger partial charge in [0.2, 0.25) is 0 Å². The number of nitrogens with one attached hydrogen (secondary N) is 1. The number of halogens is 1. The van der Waals surface area contributed by atoms with Crippen LogP contribution in [0.2, 0.25) is 0 Å². The van der Waals surface area contributed by atoms with Gasteiger partial charge in [-0.3, -0.25) is 4.79 Å². The molecule has 0 bridgehead atoms. The first kappa shape index (κ1) is 17.2. The molecule has 21 heavy (non-hydrogen) atoms. The van der Waals surface area contributed by atoms with Crippen molar-refractivity contribution >= 4 is 18.3 Å². The number of hydrogen-bond donors (Lipinski definition) is 2. The van der Waals surface area contributed by atoms with Crippen LogP contribution in [0.5, 0.6) is 0 Å². The minimum absolute atomic E-state index is 0. The Morgan fingerprint density at radius 2 is 2.00 bits per heavy atom. The fourth-order valence-electron chi connectivity index (χ4n) is 1.99. The van der Waals surface area contributed by atoms with Gasteiger partial charge in [-0.1, -0.05) is 35.5 Å². The zero-order valence-electron chi connectivity index (χ0n) is 12.0. The molecule has 0 radical (unpaired) electrons. The summed E-state index contributed by atoms with van der Waals surface area (Å²) in [5, 5.41) is 6.87. The molecule has 114 valence electrons. The molecule has 1 aromatic carbocycles. The maximum atomic E-state index is 12.2. The second kappa shape index (κ2) is 8.44. The van der Waals surface area contributed by atoms with Gasteiger partial charge in [0.05, 0.1) is 0 Å². The molecule has 0 saturated heterocycles. The van der Waals surface area contributed by atoms with Crippen molar-refractivity contribution in [1.82, 2.24) is 10.5 Å². The SMILES string of the molecule is Cc1onc(-c2ccccc2)c1C(=O)NCCCCN.Cl. The van der Waals surface area contributed by atoms with E-state index in [0.717, 1.165) is 18.4 Å². The van der Waals surface area contributed by atoms with Crippen LogP contribution in [0.15, 0.2) is 34.9 Å². The minimum Gasteiger partial charge on any atom is -0.360 e. The highest BCUT2D eigenvalue weighted by Crippen LogP contribution is 2.24. The Bertz CT molecular complexity index is 570. The van der Waals surface area contributed by atoms with Gasteiger partial charge in [-0.05, 0) is 26.3 Å². The molecule has 2 rings (SSSR count). The number of nitrogens with two attached hydrogens (primary N) is 1. The fourth-order valence-corrected chi connectivity index (χ4v) is 1.99. The summed E-state index contributed by atoms with van der Waals surface area (Å²) in [6, 6.07) is 9.54. The molecule has 0 spiro atoms. The number of nitrogens with zero attached hydrogens (tertiary/aromatic N) is 1. The summed E-state index contributed by atoms with van der Waals surface area (Å²) < 4.78 is 5.17. The highest BCUT2D eigenvalue weighted by Gasteiger charge is 2.20. The summed E-state index contributed by atoms with van der Waals surface area (Å²) >= 11 is 0. The Morgan fingerprint density at radius 3 is 2.67 bits per heavy atom. The third kappa shape index (κ3) is 4.31. The van der Waals surface area contributed by atoms with Gasteiger partial charge in [-0.2, -0.15) is 0 Å². The van der Waals surface area contributed by atoms with Crippen LogP contribution in [-0.2, 0) is 0 Å². The zero-order chi connectivity index (χ0) is 14.4. The van der Waals surface area contributed by atoms with Crippen LogP contribution < -0.4 is 11.1 Å². The van der Waals surface area contributed by atoms with Crippen LogP contribution >= 0.6 is 12.4 Å². The first-order valence-electron chi connectivity index (χ1n) is 6.74. The maximum absolute atomic E-state index is 12.2. The molecule has 0 atom stereocenters. The monoisotopic (exact) mass is 309 g/mol. The van der Waals surface area contributed by atoms with Gasteiger partial charge in [-0.15, -0.1) is 12.4 Å². The Labute approximate surface area is 130 Å². The Hall–Kier alpha value is -1.85. The largest absolute Gasteiger partial charge is 0.360 e. The van der Waals surface area contributed by atoms with E-state index >= 15 is 0 Å².